The first-order valence-electron chi connectivity index (χ1n) is 6.11. The predicted octanol–water partition coefficient (Wildman–Crippen LogP) is 1.53. The van der Waals surface area contributed by atoms with Crippen molar-refractivity contribution >= 4 is 9.84 Å². The average Bonchev–Trinajstić information content (AvgIpc) is 2.34. The van der Waals surface area contributed by atoms with E-state index in [1.165, 1.54) is 0 Å². The Balaban J connectivity index is 2.26. The molecule has 5 heteroatoms. The van der Waals surface area contributed by atoms with Gasteiger partial charge < -0.3 is 10.1 Å². The van der Waals surface area contributed by atoms with Crippen LogP contribution in [-0.2, 0) is 14.6 Å². The number of ether oxygens (including phenoxy) is 1. The van der Waals surface area contributed by atoms with Crippen LogP contribution in [0, 0.1) is 0 Å². The molecule has 0 fully saturated rings. The van der Waals surface area contributed by atoms with Gasteiger partial charge in [0.2, 0.25) is 0 Å². The van der Waals surface area contributed by atoms with Gasteiger partial charge in [-0.2, -0.15) is 0 Å². The SMILES string of the molecule is COCC(C)NC1CCS(=O)(=O)c2ccccc21. The molecule has 1 aromatic carbocycles. The lowest BCUT2D eigenvalue weighted by Crippen LogP contribution is -2.37. The number of benzene rings is 1. The van der Waals surface area contributed by atoms with Gasteiger partial charge in [-0.05, 0) is 25.0 Å². The molecule has 0 saturated heterocycles. The minimum Gasteiger partial charge on any atom is -0.383 e. The van der Waals surface area contributed by atoms with Crippen LogP contribution in [0.1, 0.15) is 24.9 Å². The molecule has 0 saturated carbocycles. The van der Waals surface area contributed by atoms with Crippen LogP contribution < -0.4 is 5.32 Å². The van der Waals surface area contributed by atoms with E-state index in [4.69, 9.17) is 4.74 Å². The van der Waals surface area contributed by atoms with Crippen LogP contribution in [0.25, 0.3) is 0 Å². The van der Waals surface area contributed by atoms with Crippen molar-refractivity contribution in [1.29, 1.82) is 0 Å². The second-order valence-corrected chi connectivity index (χ2v) is 6.80. The number of rotatable bonds is 4. The summed E-state index contributed by atoms with van der Waals surface area (Å²) in [6.07, 6.45) is 0.618. The topological polar surface area (TPSA) is 55.4 Å². The highest BCUT2D eigenvalue weighted by Crippen LogP contribution is 2.32. The van der Waals surface area contributed by atoms with Crippen LogP contribution in [0.4, 0.5) is 0 Å². The van der Waals surface area contributed by atoms with Crippen molar-refractivity contribution in [2.45, 2.75) is 30.3 Å². The first-order chi connectivity index (χ1) is 8.54. The highest BCUT2D eigenvalue weighted by molar-refractivity contribution is 7.91. The number of hydrogen-bond acceptors (Lipinski definition) is 4. The Bertz CT molecular complexity index is 513. The molecule has 2 rings (SSSR count). The smallest absolute Gasteiger partial charge is 0.178 e. The first kappa shape index (κ1) is 13.5. The molecule has 0 aromatic heterocycles. The molecule has 4 nitrogen and oxygen atoms in total. The molecular weight excluding hydrogens is 250 g/mol. The number of hydrogen-bond donors (Lipinski definition) is 1. The lowest BCUT2D eigenvalue weighted by Gasteiger charge is -2.28. The van der Waals surface area contributed by atoms with Gasteiger partial charge in [-0.25, -0.2) is 8.42 Å². The maximum absolute atomic E-state index is 12.0. The van der Waals surface area contributed by atoms with Gasteiger partial charge in [-0.3, -0.25) is 0 Å². The maximum atomic E-state index is 12.0. The van der Waals surface area contributed by atoms with Crippen LogP contribution >= 0.6 is 0 Å². The predicted molar refractivity (Wildman–Crippen MR) is 70.3 cm³/mol. The van der Waals surface area contributed by atoms with Crippen molar-refractivity contribution in [2.24, 2.45) is 0 Å². The van der Waals surface area contributed by atoms with Crippen molar-refractivity contribution < 1.29 is 13.2 Å². The van der Waals surface area contributed by atoms with Crippen molar-refractivity contribution in [2.75, 3.05) is 19.5 Å². The van der Waals surface area contributed by atoms with Crippen molar-refractivity contribution in [1.82, 2.24) is 5.32 Å². The van der Waals surface area contributed by atoms with Gasteiger partial charge in [0.1, 0.15) is 0 Å². The molecule has 2 atom stereocenters. The second kappa shape index (κ2) is 5.38. The van der Waals surface area contributed by atoms with Crippen LogP contribution in [0.15, 0.2) is 29.2 Å². The third kappa shape index (κ3) is 2.74. The van der Waals surface area contributed by atoms with Crippen LogP contribution in [0.2, 0.25) is 0 Å². The standard InChI is InChI=1S/C13H19NO3S/c1-10(9-17-2)14-12-7-8-18(15,16)13-6-4-3-5-11(12)13/h3-6,10,12,14H,7-9H2,1-2H3. The number of fused-ring (bicyclic) bond motifs is 1. The Kier molecular flexibility index (Phi) is 4.04. The summed E-state index contributed by atoms with van der Waals surface area (Å²) < 4.78 is 29.0. The van der Waals surface area contributed by atoms with Crippen LogP contribution in [0.5, 0.6) is 0 Å². The molecule has 1 N–H and O–H groups in total. The first-order valence-corrected chi connectivity index (χ1v) is 7.76. The summed E-state index contributed by atoms with van der Waals surface area (Å²) in [6.45, 7) is 2.65. The molecule has 2 unspecified atom stereocenters. The summed E-state index contributed by atoms with van der Waals surface area (Å²) in [4.78, 5) is 0.471. The Morgan fingerprint density at radius 1 is 1.44 bits per heavy atom. The summed E-state index contributed by atoms with van der Waals surface area (Å²) in [5.74, 6) is 0.210. The van der Waals surface area contributed by atoms with E-state index in [0.29, 0.717) is 17.9 Å². The molecule has 1 aliphatic heterocycles. The molecule has 1 aliphatic rings. The van der Waals surface area contributed by atoms with Crippen molar-refractivity contribution in [3.63, 3.8) is 0 Å². The highest BCUT2D eigenvalue weighted by Gasteiger charge is 2.30. The van der Waals surface area contributed by atoms with E-state index in [1.54, 1.807) is 19.2 Å². The maximum Gasteiger partial charge on any atom is 0.178 e. The third-order valence-electron chi connectivity index (χ3n) is 3.21. The lowest BCUT2D eigenvalue weighted by molar-refractivity contribution is 0.165. The molecule has 0 bridgehead atoms. The van der Waals surface area contributed by atoms with Gasteiger partial charge >= 0.3 is 0 Å². The van der Waals surface area contributed by atoms with E-state index in [1.807, 2.05) is 19.1 Å². The zero-order valence-electron chi connectivity index (χ0n) is 10.7. The van der Waals surface area contributed by atoms with Crippen molar-refractivity contribution in [3.8, 4) is 0 Å². The lowest BCUT2D eigenvalue weighted by atomic mass is 10.0. The fourth-order valence-corrected chi connectivity index (χ4v) is 4.03. The quantitative estimate of drug-likeness (QED) is 0.900. The van der Waals surface area contributed by atoms with Gasteiger partial charge in [-0.1, -0.05) is 18.2 Å². The third-order valence-corrected chi connectivity index (χ3v) is 5.02. The molecule has 100 valence electrons. The zero-order valence-corrected chi connectivity index (χ0v) is 11.5. The molecule has 0 aliphatic carbocycles. The van der Waals surface area contributed by atoms with Gasteiger partial charge in [0.15, 0.2) is 9.84 Å². The Hall–Kier alpha value is -0.910. The Morgan fingerprint density at radius 2 is 2.17 bits per heavy atom. The van der Waals surface area contributed by atoms with Crippen LogP contribution in [0.3, 0.4) is 0 Å². The largest absolute Gasteiger partial charge is 0.383 e. The summed E-state index contributed by atoms with van der Waals surface area (Å²) in [6, 6.07) is 7.54. The van der Waals surface area contributed by atoms with Crippen molar-refractivity contribution in [3.05, 3.63) is 29.8 Å². The monoisotopic (exact) mass is 269 g/mol. The number of sulfone groups is 1. The Labute approximate surface area is 108 Å². The molecule has 18 heavy (non-hydrogen) atoms. The van der Waals surface area contributed by atoms with E-state index in [2.05, 4.69) is 5.32 Å². The molecule has 0 amide bonds. The molecule has 0 radical (unpaired) electrons. The van der Waals surface area contributed by atoms with Gasteiger partial charge in [-0.15, -0.1) is 0 Å². The van der Waals surface area contributed by atoms with E-state index >= 15 is 0 Å². The van der Waals surface area contributed by atoms with Gasteiger partial charge in [0.05, 0.1) is 17.3 Å². The van der Waals surface area contributed by atoms with E-state index in [0.717, 1.165) is 5.56 Å². The minimum absolute atomic E-state index is 0.0925. The van der Waals surface area contributed by atoms with E-state index < -0.39 is 9.84 Å². The summed E-state index contributed by atoms with van der Waals surface area (Å²) >= 11 is 0. The highest BCUT2D eigenvalue weighted by atomic mass is 32.2. The normalized spacial score (nSPS) is 23.3. The second-order valence-electron chi connectivity index (χ2n) is 4.72. The molecular formula is C13H19NO3S. The Morgan fingerprint density at radius 3 is 2.89 bits per heavy atom. The zero-order chi connectivity index (χ0) is 13.2. The van der Waals surface area contributed by atoms with Crippen LogP contribution in [-0.4, -0.2) is 33.9 Å². The molecule has 0 spiro atoms. The fraction of sp³-hybridized carbons (Fsp3) is 0.538. The summed E-state index contributed by atoms with van der Waals surface area (Å²) in [5, 5.41) is 3.42. The summed E-state index contributed by atoms with van der Waals surface area (Å²) in [7, 11) is -1.43. The van der Waals surface area contributed by atoms with E-state index in [9.17, 15) is 8.42 Å². The van der Waals surface area contributed by atoms with E-state index in [-0.39, 0.29) is 17.8 Å². The average molecular weight is 269 g/mol. The van der Waals surface area contributed by atoms with Gasteiger partial charge in [0.25, 0.3) is 0 Å². The number of nitrogens with one attached hydrogen (secondary N) is 1. The molecule has 1 heterocycles. The fourth-order valence-electron chi connectivity index (χ4n) is 2.40. The minimum atomic E-state index is -3.09. The molecule has 1 aromatic rings. The summed E-state index contributed by atoms with van der Waals surface area (Å²) in [5.41, 5.74) is 0.881. The number of methoxy groups -OCH3 is 1. The van der Waals surface area contributed by atoms with Gasteiger partial charge in [0, 0.05) is 19.2 Å².